The number of carbonyl (C=O) groups is 1. The topological polar surface area (TPSA) is 64.4 Å². The Labute approximate surface area is 175 Å². The van der Waals surface area contributed by atoms with E-state index in [1.807, 2.05) is 61.5 Å². The summed E-state index contributed by atoms with van der Waals surface area (Å²) in [6.45, 7) is 4.78. The second-order valence-electron chi connectivity index (χ2n) is 7.20. The molecule has 0 fully saturated rings. The average molecular weight is 400 g/mol. The van der Waals surface area contributed by atoms with E-state index in [1.165, 1.54) is 0 Å². The SMILES string of the molecule is CCCCOc1cccc(C(=O)Nc2ccc3oc(-c4ccccc4C)nc3c2)c1. The summed E-state index contributed by atoms with van der Waals surface area (Å²) in [6.07, 6.45) is 2.05. The van der Waals surface area contributed by atoms with E-state index >= 15 is 0 Å². The van der Waals surface area contributed by atoms with Gasteiger partial charge in [-0.3, -0.25) is 4.79 Å². The van der Waals surface area contributed by atoms with Crippen molar-refractivity contribution in [3.63, 3.8) is 0 Å². The van der Waals surface area contributed by atoms with Crippen molar-refractivity contribution in [1.82, 2.24) is 4.98 Å². The van der Waals surface area contributed by atoms with E-state index in [2.05, 4.69) is 17.2 Å². The summed E-state index contributed by atoms with van der Waals surface area (Å²) in [6, 6.07) is 20.6. The first-order valence-corrected chi connectivity index (χ1v) is 10.1. The van der Waals surface area contributed by atoms with Crippen LogP contribution in [-0.2, 0) is 0 Å². The molecule has 0 aliphatic rings. The molecule has 1 heterocycles. The zero-order valence-corrected chi connectivity index (χ0v) is 17.1. The molecule has 0 atom stereocenters. The highest BCUT2D eigenvalue weighted by molar-refractivity contribution is 6.05. The molecule has 1 aromatic heterocycles. The van der Waals surface area contributed by atoms with E-state index in [4.69, 9.17) is 9.15 Å². The maximum atomic E-state index is 12.7. The van der Waals surface area contributed by atoms with E-state index in [9.17, 15) is 4.79 Å². The van der Waals surface area contributed by atoms with Crippen LogP contribution in [0.25, 0.3) is 22.6 Å². The zero-order chi connectivity index (χ0) is 20.9. The monoisotopic (exact) mass is 400 g/mol. The van der Waals surface area contributed by atoms with Gasteiger partial charge in [0, 0.05) is 16.8 Å². The summed E-state index contributed by atoms with van der Waals surface area (Å²) in [5.74, 6) is 1.08. The van der Waals surface area contributed by atoms with Crippen molar-refractivity contribution >= 4 is 22.7 Å². The van der Waals surface area contributed by atoms with Gasteiger partial charge in [-0.05, 0) is 61.4 Å². The van der Waals surface area contributed by atoms with Crippen LogP contribution in [0.2, 0.25) is 0 Å². The molecule has 0 bridgehead atoms. The number of rotatable bonds is 7. The van der Waals surface area contributed by atoms with E-state index in [0.29, 0.717) is 40.6 Å². The highest BCUT2D eigenvalue weighted by atomic mass is 16.5. The van der Waals surface area contributed by atoms with Gasteiger partial charge < -0.3 is 14.5 Å². The molecule has 5 heteroatoms. The Morgan fingerprint density at radius 3 is 2.77 bits per heavy atom. The number of hydrogen-bond acceptors (Lipinski definition) is 4. The molecule has 4 rings (SSSR count). The largest absolute Gasteiger partial charge is 0.494 e. The van der Waals surface area contributed by atoms with Crippen LogP contribution in [0.1, 0.15) is 35.7 Å². The van der Waals surface area contributed by atoms with Gasteiger partial charge in [0.25, 0.3) is 5.91 Å². The van der Waals surface area contributed by atoms with Crippen molar-refractivity contribution in [3.05, 3.63) is 77.9 Å². The summed E-state index contributed by atoms with van der Waals surface area (Å²) < 4.78 is 11.6. The number of amides is 1. The van der Waals surface area contributed by atoms with E-state index < -0.39 is 0 Å². The first-order chi connectivity index (χ1) is 14.6. The fourth-order valence-corrected chi connectivity index (χ4v) is 3.20. The Morgan fingerprint density at radius 2 is 1.93 bits per heavy atom. The third-order valence-corrected chi connectivity index (χ3v) is 4.88. The number of nitrogens with one attached hydrogen (secondary N) is 1. The minimum absolute atomic E-state index is 0.196. The van der Waals surface area contributed by atoms with Gasteiger partial charge in [-0.2, -0.15) is 0 Å². The highest BCUT2D eigenvalue weighted by Crippen LogP contribution is 2.28. The van der Waals surface area contributed by atoms with Crippen LogP contribution in [0.4, 0.5) is 5.69 Å². The van der Waals surface area contributed by atoms with Gasteiger partial charge in [0.05, 0.1) is 6.61 Å². The van der Waals surface area contributed by atoms with Crippen molar-refractivity contribution in [2.75, 3.05) is 11.9 Å². The standard InChI is InChI=1S/C25H24N2O3/c1-3-4-14-29-20-10-7-9-18(15-20)24(28)26-19-12-13-23-22(16-19)27-25(30-23)21-11-6-5-8-17(21)2/h5-13,15-16H,3-4,14H2,1-2H3,(H,26,28). The van der Waals surface area contributed by atoms with Gasteiger partial charge in [0.2, 0.25) is 5.89 Å². The van der Waals surface area contributed by atoms with Crippen LogP contribution in [0.5, 0.6) is 5.75 Å². The number of benzene rings is 3. The number of ether oxygens (including phenoxy) is 1. The Hall–Kier alpha value is -3.60. The minimum Gasteiger partial charge on any atom is -0.494 e. The van der Waals surface area contributed by atoms with Gasteiger partial charge in [0.15, 0.2) is 5.58 Å². The van der Waals surface area contributed by atoms with Gasteiger partial charge in [0.1, 0.15) is 11.3 Å². The quantitative estimate of drug-likeness (QED) is 0.373. The molecular formula is C25H24N2O3. The van der Waals surface area contributed by atoms with Crippen LogP contribution in [0, 0.1) is 6.92 Å². The molecule has 1 amide bonds. The molecule has 5 nitrogen and oxygen atoms in total. The Kier molecular flexibility index (Phi) is 5.80. The highest BCUT2D eigenvalue weighted by Gasteiger charge is 2.12. The molecule has 0 saturated heterocycles. The average Bonchev–Trinajstić information content (AvgIpc) is 3.17. The lowest BCUT2D eigenvalue weighted by Crippen LogP contribution is -2.12. The van der Waals surface area contributed by atoms with Gasteiger partial charge in [-0.25, -0.2) is 4.98 Å². The summed E-state index contributed by atoms with van der Waals surface area (Å²) in [5.41, 5.74) is 4.64. The molecule has 30 heavy (non-hydrogen) atoms. The number of fused-ring (bicyclic) bond motifs is 1. The predicted molar refractivity (Wildman–Crippen MR) is 119 cm³/mol. The van der Waals surface area contributed by atoms with Gasteiger partial charge in [-0.1, -0.05) is 37.6 Å². The predicted octanol–water partition coefficient (Wildman–Crippen LogP) is 6.23. The van der Waals surface area contributed by atoms with Crippen molar-refractivity contribution in [2.45, 2.75) is 26.7 Å². The fourth-order valence-electron chi connectivity index (χ4n) is 3.20. The number of anilines is 1. The van der Waals surface area contributed by atoms with Crippen LogP contribution in [0.15, 0.2) is 71.1 Å². The first-order valence-electron chi connectivity index (χ1n) is 10.1. The van der Waals surface area contributed by atoms with E-state index in [-0.39, 0.29) is 5.91 Å². The maximum absolute atomic E-state index is 12.7. The third-order valence-electron chi connectivity index (χ3n) is 4.88. The van der Waals surface area contributed by atoms with Crippen LogP contribution >= 0.6 is 0 Å². The number of unbranched alkanes of at least 4 members (excludes halogenated alkanes) is 1. The van der Waals surface area contributed by atoms with Crippen LogP contribution < -0.4 is 10.1 Å². The van der Waals surface area contributed by atoms with Crippen LogP contribution in [-0.4, -0.2) is 17.5 Å². The number of aryl methyl sites for hydroxylation is 1. The Morgan fingerprint density at radius 1 is 1.07 bits per heavy atom. The summed E-state index contributed by atoms with van der Waals surface area (Å²) in [5, 5.41) is 2.93. The Bertz CT molecular complexity index is 1180. The number of aromatic nitrogens is 1. The number of hydrogen-bond donors (Lipinski definition) is 1. The first kappa shape index (κ1) is 19.7. The maximum Gasteiger partial charge on any atom is 0.255 e. The molecule has 4 aromatic rings. The molecule has 0 radical (unpaired) electrons. The molecule has 0 spiro atoms. The molecular weight excluding hydrogens is 376 g/mol. The number of oxazole rings is 1. The second-order valence-corrected chi connectivity index (χ2v) is 7.20. The molecule has 3 aromatic carbocycles. The third kappa shape index (κ3) is 4.35. The smallest absolute Gasteiger partial charge is 0.255 e. The van der Waals surface area contributed by atoms with Crippen molar-refractivity contribution in [1.29, 1.82) is 0 Å². The van der Waals surface area contributed by atoms with Crippen molar-refractivity contribution in [2.24, 2.45) is 0 Å². The minimum atomic E-state index is -0.196. The lowest BCUT2D eigenvalue weighted by atomic mass is 10.1. The Balaban J connectivity index is 1.52. The summed E-state index contributed by atoms with van der Waals surface area (Å²) in [7, 11) is 0. The lowest BCUT2D eigenvalue weighted by Gasteiger charge is -2.08. The van der Waals surface area contributed by atoms with Gasteiger partial charge in [-0.15, -0.1) is 0 Å². The van der Waals surface area contributed by atoms with E-state index in [0.717, 1.165) is 24.0 Å². The van der Waals surface area contributed by atoms with E-state index in [1.54, 1.807) is 12.1 Å². The second kappa shape index (κ2) is 8.82. The lowest BCUT2D eigenvalue weighted by molar-refractivity contribution is 0.102. The molecule has 0 aliphatic heterocycles. The molecule has 0 unspecified atom stereocenters. The number of nitrogens with zero attached hydrogens (tertiary/aromatic N) is 1. The molecule has 152 valence electrons. The zero-order valence-electron chi connectivity index (χ0n) is 17.1. The van der Waals surface area contributed by atoms with Gasteiger partial charge >= 0.3 is 0 Å². The van der Waals surface area contributed by atoms with Crippen molar-refractivity contribution < 1.29 is 13.9 Å². The summed E-state index contributed by atoms with van der Waals surface area (Å²) in [4.78, 5) is 17.3. The van der Waals surface area contributed by atoms with Crippen molar-refractivity contribution in [3.8, 4) is 17.2 Å². The molecule has 1 N–H and O–H groups in total. The fraction of sp³-hybridized carbons (Fsp3) is 0.200. The number of carbonyl (C=O) groups excluding carboxylic acids is 1. The molecule has 0 saturated carbocycles. The molecule has 0 aliphatic carbocycles. The summed E-state index contributed by atoms with van der Waals surface area (Å²) >= 11 is 0. The van der Waals surface area contributed by atoms with Crippen LogP contribution in [0.3, 0.4) is 0 Å². The normalized spacial score (nSPS) is 10.9.